The summed E-state index contributed by atoms with van der Waals surface area (Å²) >= 11 is 0. The molecule has 28 heavy (non-hydrogen) atoms. The topological polar surface area (TPSA) is 101 Å². The second-order valence-electron chi connectivity index (χ2n) is 8.14. The second-order valence-corrected chi connectivity index (χ2v) is 8.14. The summed E-state index contributed by atoms with van der Waals surface area (Å²) in [5.74, 6) is -0.132. The molecule has 0 spiro atoms. The number of aromatic nitrogens is 1. The van der Waals surface area contributed by atoms with Crippen LogP contribution in [-0.2, 0) is 4.74 Å². The minimum absolute atomic E-state index is 0.0123. The molecule has 0 saturated carbocycles. The van der Waals surface area contributed by atoms with Crippen molar-refractivity contribution in [2.75, 3.05) is 19.6 Å². The number of likely N-dealkylation sites (tertiary alicyclic amines) is 1. The molecule has 2 rings (SSSR count). The lowest BCUT2D eigenvalue weighted by molar-refractivity contribution is 0.0269. The van der Waals surface area contributed by atoms with Crippen molar-refractivity contribution in [2.24, 2.45) is 5.92 Å². The van der Waals surface area contributed by atoms with Crippen LogP contribution in [-0.4, -0.2) is 64.4 Å². The van der Waals surface area contributed by atoms with Gasteiger partial charge < -0.3 is 24.8 Å². The van der Waals surface area contributed by atoms with Gasteiger partial charge in [-0.15, -0.1) is 0 Å². The predicted molar refractivity (Wildman–Crippen MR) is 104 cm³/mol. The highest BCUT2D eigenvalue weighted by Gasteiger charge is 2.36. The van der Waals surface area contributed by atoms with Crippen molar-refractivity contribution in [3.63, 3.8) is 0 Å². The minimum Gasteiger partial charge on any atom is -0.475 e. The zero-order valence-electron chi connectivity index (χ0n) is 17.3. The summed E-state index contributed by atoms with van der Waals surface area (Å²) in [4.78, 5) is 30.2. The quantitative estimate of drug-likeness (QED) is 0.769. The molecule has 1 aromatic rings. The van der Waals surface area contributed by atoms with E-state index in [9.17, 15) is 14.7 Å². The van der Waals surface area contributed by atoms with Crippen molar-refractivity contribution in [2.45, 2.75) is 58.8 Å². The van der Waals surface area contributed by atoms with Gasteiger partial charge in [-0.1, -0.05) is 6.92 Å². The Morgan fingerprint density at radius 1 is 1.39 bits per heavy atom. The third-order valence-corrected chi connectivity index (χ3v) is 4.48. The largest absolute Gasteiger partial charge is 0.475 e. The molecule has 0 unspecified atom stereocenters. The number of β-amino-alcohol motifs (C(OH)–C–C–N with tert-alkyl or cyclic N) is 1. The van der Waals surface area contributed by atoms with Crippen LogP contribution >= 0.6 is 0 Å². The molecule has 2 amide bonds. The summed E-state index contributed by atoms with van der Waals surface area (Å²) in [6.07, 6.45) is 1.21. The van der Waals surface area contributed by atoms with Gasteiger partial charge >= 0.3 is 6.09 Å². The molecular weight excluding hydrogens is 362 g/mol. The molecular formula is C20H31N3O5. The fraction of sp³-hybridized carbons (Fsp3) is 0.650. The van der Waals surface area contributed by atoms with E-state index in [4.69, 9.17) is 9.47 Å². The van der Waals surface area contributed by atoms with Crippen LogP contribution in [0.2, 0.25) is 0 Å². The molecule has 2 N–H and O–H groups in total. The van der Waals surface area contributed by atoms with Crippen LogP contribution in [0.1, 0.15) is 51.4 Å². The first-order valence-corrected chi connectivity index (χ1v) is 9.66. The van der Waals surface area contributed by atoms with Crippen LogP contribution in [0.3, 0.4) is 0 Å². The normalized spacial score (nSPS) is 20.6. The Labute approximate surface area is 166 Å². The number of ether oxygens (including phenoxy) is 2. The number of amides is 2. The lowest BCUT2D eigenvalue weighted by Gasteiger charge is -2.24. The molecule has 1 fully saturated rings. The molecule has 1 aliphatic rings. The number of aliphatic hydroxyl groups excluding tert-OH is 1. The standard InChI is InChI=1S/C20H31N3O5/c1-6-13(2)27-17-9-14(7-8-21-17)18(25)22-10-15-11-23(12-16(15)24)19(26)28-20(3,4)5/h7-9,13,15-16,24H,6,10-12H2,1-5H3,(H,22,25)/t13-,15+,16+/m0/s1. The van der Waals surface area contributed by atoms with Crippen molar-refractivity contribution in [3.8, 4) is 5.88 Å². The molecule has 2 heterocycles. The van der Waals surface area contributed by atoms with E-state index in [0.29, 0.717) is 18.0 Å². The molecule has 1 aliphatic heterocycles. The lowest BCUT2D eigenvalue weighted by Crippen LogP contribution is -2.36. The molecule has 8 heteroatoms. The number of carbonyl (C=O) groups excluding carboxylic acids is 2. The maximum absolute atomic E-state index is 12.4. The van der Waals surface area contributed by atoms with Gasteiger partial charge in [-0.3, -0.25) is 4.79 Å². The van der Waals surface area contributed by atoms with Crippen LogP contribution in [0.5, 0.6) is 5.88 Å². The lowest BCUT2D eigenvalue weighted by atomic mass is 10.1. The second kappa shape index (κ2) is 9.23. The summed E-state index contributed by atoms with van der Waals surface area (Å²) < 4.78 is 11.0. The predicted octanol–water partition coefficient (Wildman–Crippen LogP) is 2.22. The first kappa shape index (κ1) is 21.9. The van der Waals surface area contributed by atoms with Gasteiger partial charge in [0.25, 0.3) is 5.91 Å². The number of nitrogens with one attached hydrogen (secondary N) is 1. The third kappa shape index (κ3) is 6.37. The summed E-state index contributed by atoms with van der Waals surface area (Å²) in [5.41, 5.74) is -0.158. The van der Waals surface area contributed by atoms with Gasteiger partial charge in [0.1, 0.15) is 5.60 Å². The Bertz CT molecular complexity index is 689. The average molecular weight is 393 g/mol. The number of hydrogen-bond donors (Lipinski definition) is 2. The van der Waals surface area contributed by atoms with E-state index in [2.05, 4.69) is 10.3 Å². The molecule has 0 aliphatic carbocycles. The highest BCUT2D eigenvalue weighted by molar-refractivity contribution is 5.94. The van der Waals surface area contributed by atoms with E-state index in [1.165, 1.54) is 11.1 Å². The number of aliphatic hydroxyl groups is 1. The molecule has 1 saturated heterocycles. The summed E-state index contributed by atoms with van der Waals surface area (Å²) in [7, 11) is 0. The summed E-state index contributed by atoms with van der Waals surface area (Å²) in [6.45, 7) is 10.1. The number of carbonyl (C=O) groups is 2. The fourth-order valence-electron chi connectivity index (χ4n) is 2.76. The molecule has 0 aromatic carbocycles. The van der Waals surface area contributed by atoms with Crippen LogP contribution in [0.25, 0.3) is 0 Å². The molecule has 8 nitrogen and oxygen atoms in total. The van der Waals surface area contributed by atoms with Crippen LogP contribution in [0, 0.1) is 5.92 Å². The number of pyridine rings is 1. The smallest absolute Gasteiger partial charge is 0.410 e. The van der Waals surface area contributed by atoms with E-state index in [-0.39, 0.29) is 31.0 Å². The van der Waals surface area contributed by atoms with Gasteiger partial charge in [0, 0.05) is 36.8 Å². The SMILES string of the molecule is CC[C@H](C)Oc1cc(C(=O)NC[C@@H]2CN(C(=O)OC(C)(C)C)C[C@H]2O)ccn1. The average Bonchev–Trinajstić information content (AvgIpc) is 2.99. The molecule has 0 bridgehead atoms. The van der Waals surface area contributed by atoms with Crippen molar-refractivity contribution >= 4 is 12.0 Å². The van der Waals surface area contributed by atoms with E-state index in [1.807, 2.05) is 13.8 Å². The minimum atomic E-state index is -0.713. The van der Waals surface area contributed by atoms with Gasteiger partial charge in [0.2, 0.25) is 5.88 Å². The molecule has 0 radical (unpaired) electrons. The Morgan fingerprint density at radius 3 is 2.75 bits per heavy atom. The first-order valence-electron chi connectivity index (χ1n) is 9.66. The van der Waals surface area contributed by atoms with E-state index in [0.717, 1.165) is 6.42 Å². The Hall–Kier alpha value is -2.35. The van der Waals surface area contributed by atoms with E-state index >= 15 is 0 Å². The van der Waals surface area contributed by atoms with Gasteiger partial charge in [-0.2, -0.15) is 0 Å². The van der Waals surface area contributed by atoms with Crippen molar-refractivity contribution in [1.82, 2.24) is 15.2 Å². The Kier molecular flexibility index (Phi) is 7.23. The highest BCUT2D eigenvalue weighted by atomic mass is 16.6. The van der Waals surface area contributed by atoms with Crippen molar-refractivity contribution < 1.29 is 24.2 Å². The fourth-order valence-corrected chi connectivity index (χ4v) is 2.76. The first-order chi connectivity index (χ1) is 13.1. The summed E-state index contributed by atoms with van der Waals surface area (Å²) in [6, 6.07) is 3.20. The van der Waals surface area contributed by atoms with Gasteiger partial charge in [-0.05, 0) is 40.2 Å². The van der Waals surface area contributed by atoms with E-state index < -0.39 is 17.8 Å². The number of nitrogens with zero attached hydrogens (tertiary/aromatic N) is 2. The van der Waals surface area contributed by atoms with E-state index in [1.54, 1.807) is 32.9 Å². The van der Waals surface area contributed by atoms with Gasteiger partial charge in [0.15, 0.2) is 0 Å². The number of hydrogen-bond acceptors (Lipinski definition) is 6. The monoisotopic (exact) mass is 393 g/mol. The molecule has 1 aromatic heterocycles. The maximum atomic E-state index is 12.4. The van der Waals surface area contributed by atoms with Gasteiger partial charge in [0.05, 0.1) is 18.8 Å². The molecule has 156 valence electrons. The van der Waals surface area contributed by atoms with Crippen molar-refractivity contribution in [1.29, 1.82) is 0 Å². The Balaban J connectivity index is 1.89. The van der Waals surface area contributed by atoms with Gasteiger partial charge in [-0.25, -0.2) is 9.78 Å². The number of rotatable bonds is 6. The maximum Gasteiger partial charge on any atom is 0.410 e. The molecule has 3 atom stereocenters. The summed E-state index contributed by atoms with van der Waals surface area (Å²) in [5, 5.41) is 13.0. The van der Waals surface area contributed by atoms with Crippen LogP contribution < -0.4 is 10.1 Å². The zero-order chi connectivity index (χ0) is 20.9. The Morgan fingerprint density at radius 2 is 2.11 bits per heavy atom. The third-order valence-electron chi connectivity index (χ3n) is 4.48. The van der Waals surface area contributed by atoms with Crippen LogP contribution in [0.15, 0.2) is 18.3 Å². The zero-order valence-corrected chi connectivity index (χ0v) is 17.3. The van der Waals surface area contributed by atoms with Crippen molar-refractivity contribution in [3.05, 3.63) is 23.9 Å². The van der Waals surface area contributed by atoms with Crippen LogP contribution in [0.4, 0.5) is 4.79 Å². The highest BCUT2D eigenvalue weighted by Crippen LogP contribution is 2.20.